The fourth-order valence-corrected chi connectivity index (χ4v) is 14.9. The third-order valence-electron chi connectivity index (χ3n) is 17.9. The van der Waals surface area contributed by atoms with Gasteiger partial charge in [-0.15, -0.1) is 8.67 Å². The van der Waals surface area contributed by atoms with Crippen molar-refractivity contribution in [3.8, 4) is 5.75 Å². The number of aromatic nitrogens is 4. The van der Waals surface area contributed by atoms with Crippen molar-refractivity contribution in [3.05, 3.63) is 65.6 Å². The summed E-state index contributed by atoms with van der Waals surface area (Å²) in [5.41, 5.74) is 1.57. The van der Waals surface area contributed by atoms with E-state index in [4.69, 9.17) is 38.9 Å². The molecule has 6 unspecified atom stereocenters. The first kappa shape index (κ1) is 96.7. The van der Waals surface area contributed by atoms with Gasteiger partial charge in [-0.2, -0.15) is 9.82 Å². The monoisotopic (exact) mass is 1710 g/mol. The maximum Gasteiger partial charge on any atom is 0.323 e. The second kappa shape index (κ2) is 53.3. The van der Waals surface area contributed by atoms with Crippen LogP contribution in [0.1, 0.15) is 72.9 Å². The topological polar surface area (TPSA) is 586 Å². The first-order valence-electron chi connectivity index (χ1n) is 37.4. The van der Waals surface area contributed by atoms with E-state index in [0.717, 1.165) is 11.9 Å². The van der Waals surface area contributed by atoms with Gasteiger partial charge in [-0.25, -0.2) is 23.9 Å². The summed E-state index contributed by atoms with van der Waals surface area (Å²) in [6.45, 7) is 4.97. The number of rotatable bonds is 56. The van der Waals surface area contributed by atoms with E-state index in [0.29, 0.717) is 86.7 Å². The van der Waals surface area contributed by atoms with Gasteiger partial charge in [0.15, 0.2) is 12.2 Å². The number of imidazole rings is 1. The molecule has 0 spiro atoms. The largest absolute Gasteiger partial charge is 0.494 e. The van der Waals surface area contributed by atoms with Gasteiger partial charge < -0.3 is 95.9 Å². The van der Waals surface area contributed by atoms with Crippen LogP contribution in [0.3, 0.4) is 0 Å². The fraction of sp³-hybridized carbons (Fsp3) is 0.638. The Morgan fingerprint density at radius 2 is 1.23 bits per heavy atom. The number of carboxylic acids is 4. The molecule has 2 aliphatic heterocycles. The van der Waals surface area contributed by atoms with E-state index < -0.39 is 119 Å². The Kier molecular flexibility index (Phi) is 44.5. The first-order chi connectivity index (χ1) is 55.7. The van der Waals surface area contributed by atoms with Gasteiger partial charge in [0, 0.05) is 171 Å². The highest BCUT2D eigenvalue weighted by molar-refractivity contribution is 7.95. The lowest BCUT2D eigenvalue weighted by atomic mass is 10.00. The van der Waals surface area contributed by atoms with E-state index in [1.165, 1.54) is 26.0 Å². The van der Waals surface area contributed by atoms with Crippen LogP contribution >= 0.6 is 24.1 Å². The number of ether oxygens (including phenoxy) is 6. The number of amides is 5. The quantitative estimate of drug-likeness (QED) is 0.0103. The molecule has 7 atom stereocenters. The van der Waals surface area contributed by atoms with Crippen molar-refractivity contribution in [1.82, 2.24) is 70.7 Å². The van der Waals surface area contributed by atoms with Gasteiger partial charge in [0.1, 0.15) is 23.9 Å². The maximum atomic E-state index is 13.9. The normalized spacial score (nSPS) is 18.1. The van der Waals surface area contributed by atoms with Crippen LogP contribution in [0.5, 0.6) is 5.75 Å². The number of aryl methyl sites for hydroxylation is 3. The predicted molar refractivity (Wildman–Crippen MR) is 411 cm³/mol. The van der Waals surface area contributed by atoms with E-state index in [9.17, 15) is 82.2 Å². The minimum atomic E-state index is -4.43. The number of fused-ring (bicyclic) bond motifs is 1. The number of sulfonamides is 1. The van der Waals surface area contributed by atoms with Crippen LogP contribution in [-0.4, -0.2) is 354 Å². The number of H-pyrrole nitrogens is 1. The summed E-state index contributed by atoms with van der Waals surface area (Å²) < 4.78 is 74.4. The zero-order chi connectivity index (χ0) is 84.2. The number of carbonyl (C=O) groups excluding carboxylic acids is 5. The van der Waals surface area contributed by atoms with Crippen molar-refractivity contribution in [2.45, 2.75) is 119 Å². The second-order valence-electron chi connectivity index (χ2n) is 26.8. The molecule has 44 nitrogen and oxygen atoms in total. The molecule has 0 saturated carbocycles. The summed E-state index contributed by atoms with van der Waals surface area (Å²) in [4.78, 5) is 128. The lowest BCUT2D eigenvalue weighted by molar-refractivity contribution is -0.432. The van der Waals surface area contributed by atoms with Crippen LogP contribution in [-0.2, 0) is 97.4 Å². The third-order valence-corrected chi connectivity index (χ3v) is 21.2. The molecule has 6 rings (SSSR count). The average molecular weight is 1710 g/mol. The Morgan fingerprint density at radius 3 is 1.82 bits per heavy atom. The molecule has 2 aromatic heterocycles. The molecule has 2 aromatic carbocycles. The van der Waals surface area contributed by atoms with Crippen LogP contribution in [0.15, 0.2) is 53.8 Å². The fourth-order valence-electron chi connectivity index (χ4n) is 12.2. The summed E-state index contributed by atoms with van der Waals surface area (Å²) in [6.07, 6.45) is 1.32. The number of hydrogen-bond acceptors (Lipinski definition) is 34. The highest BCUT2D eigenvalue weighted by atomic mass is 32.2. The van der Waals surface area contributed by atoms with Gasteiger partial charge in [-0.05, 0) is 93.8 Å². The zero-order valence-corrected chi connectivity index (χ0v) is 66.9. The SMILES string of the molecule is Cc1cc(OCCCC(=O)NCCCOCCOCCOCCCNC(=O)[C@@H](CCC(=O)NCCOC2OC(CCSOOO)C(O)C(SOOO)C2O)NC(=O)CN2CCN(CC(=O)O)CCN(CC(=O)O)CCN(CC(=O)O)CC2)cc(C)c1S(=O)(=O)NC(CNC(=O)c1ccc2c(cnn2CCCNc2ncc[nH]2)c1)C(=O)O. The molecular weight excluding hydrogens is 1600 g/mol. The predicted octanol–water partition coefficient (Wildman–Crippen LogP) is -1.52. The molecule has 5 amide bonds. The molecule has 0 aliphatic carbocycles. The Labute approximate surface area is 677 Å². The van der Waals surface area contributed by atoms with Gasteiger partial charge >= 0.3 is 23.9 Å². The zero-order valence-electron chi connectivity index (χ0n) is 64.4. The van der Waals surface area contributed by atoms with E-state index in [2.05, 4.69) is 70.4 Å². The smallest absolute Gasteiger partial charge is 0.323 e. The van der Waals surface area contributed by atoms with Gasteiger partial charge in [0.2, 0.25) is 33.7 Å². The van der Waals surface area contributed by atoms with Crippen LogP contribution in [0.2, 0.25) is 0 Å². The van der Waals surface area contributed by atoms with Crippen LogP contribution < -0.4 is 41.4 Å². The number of aromatic amines is 1. The molecule has 2 fully saturated rings. The van der Waals surface area contributed by atoms with Crippen LogP contribution in [0.4, 0.5) is 5.95 Å². The number of carbonyl (C=O) groups is 9. The molecule has 0 radical (unpaired) electrons. The summed E-state index contributed by atoms with van der Waals surface area (Å²) in [6, 6.07) is 4.93. The highest BCUT2D eigenvalue weighted by Crippen LogP contribution is 2.33. The van der Waals surface area contributed by atoms with Crippen molar-refractivity contribution in [2.24, 2.45) is 0 Å². The third kappa shape index (κ3) is 36.4. The number of aliphatic hydroxyl groups excluding tert-OH is 2. The molecule has 16 N–H and O–H groups in total. The summed E-state index contributed by atoms with van der Waals surface area (Å²) in [5, 5.41) is 106. The van der Waals surface area contributed by atoms with Crippen molar-refractivity contribution in [1.29, 1.82) is 0 Å². The summed E-state index contributed by atoms with van der Waals surface area (Å²) in [5.74, 6) is -6.46. The van der Waals surface area contributed by atoms with Crippen molar-refractivity contribution in [3.63, 3.8) is 0 Å². The minimum Gasteiger partial charge on any atom is -0.494 e. The van der Waals surface area contributed by atoms with E-state index >= 15 is 0 Å². The van der Waals surface area contributed by atoms with Gasteiger partial charge in [0.05, 0.1) is 99.9 Å². The Morgan fingerprint density at radius 1 is 0.647 bits per heavy atom. The number of benzene rings is 2. The van der Waals surface area contributed by atoms with E-state index in [1.54, 1.807) is 61.1 Å². The Bertz CT molecular complexity index is 3750. The molecule has 116 heavy (non-hydrogen) atoms. The molecule has 47 heteroatoms. The minimum absolute atomic E-state index is 0.0851. The molecular formula is C69H107N15O29S3. The molecule has 650 valence electrons. The first-order valence-corrected chi connectivity index (χ1v) is 40.6. The molecule has 4 aromatic rings. The number of carboxylic acid groups (broad SMARTS) is 4. The molecule has 2 saturated heterocycles. The van der Waals surface area contributed by atoms with Crippen molar-refractivity contribution < 1.29 is 140 Å². The average Bonchev–Trinajstić information content (AvgIpc) is 1.20. The lowest BCUT2D eigenvalue weighted by Crippen LogP contribution is -2.57. The Balaban J connectivity index is 0.864. The lowest BCUT2D eigenvalue weighted by Gasteiger charge is -2.41. The van der Waals surface area contributed by atoms with Gasteiger partial charge in [-0.1, -0.05) is 10.1 Å². The number of anilines is 1. The van der Waals surface area contributed by atoms with Crippen molar-refractivity contribution >= 4 is 104 Å². The van der Waals surface area contributed by atoms with E-state index in [-0.39, 0.29) is 184 Å². The number of nitrogens with zero attached hydrogens (tertiary/aromatic N) is 7. The number of aliphatic hydroxyl groups is 2. The Hall–Kier alpha value is -8.12. The standard InChI is InChI=1S/C69H107N15O29S3/c1-46-37-50(38-47(2)64(46)116(102,103)79-52(67(98)99)41-76-65(96)48-8-10-53-49(39-48)40-77-84(53)19-4-13-73-69-74-16-17-75-69)107-30-3-7-55(85)70-14-5-28-104-32-34-106-35-33-105-29-6-15-72-66(97)51(9-11-56(86)71-18-31-108-68-62(95)63(115-113-111-101)61(94)54(109-68)12-36-114-112-110-100)78-57(87)42-80-20-22-81(43-58(88)89)24-26-83(45-60(92)93)27-25-82(23-21-80)44-59(90)91/h8,10,16-17,37-40,51-52,54,61-63,68,79,94-95,100-101H,3-7,9,11-15,18-36,41-45H2,1-2H3,(H,70,85)(H,71,86)(H,72,97)(H,76,96)(H,78,87)(H,88,89)(H,90,91)(H,92,93)(H,98,99)(H2,73,74,75)/t51-,52?,54?,61?,62?,63?,68?/m1/s1. The molecule has 0 bridgehead atoms. The number of nitrogens with one attached hydrogen (secondary N) is 8. The van der Waals surface area contributed by atoms with Gasteiger partial charge in [-0.3, -0.25) is 67.4 Å². The van der Waals surface area contributed by atoms with Gasteiger partial charge in [0.25, 0.3) is 5.91 Å². The maximum absolute atomic E-state index is 13.9. The van der Waals surface area contributed by atoms with E-state index in [1.807, 2.05) is 0 Å². The van der Waals surface area contributed by atoms with Crippen LogP contribution in [0.25, 0.3) is 10.9 Å². The molecule has 2 aliphatic rings. The molecule has 4 heterocycles. The summed E-state index contributed by atoms with van der Waals surface area (Å²) in [7, 11) is -4.43. The number of hydrogen-bond donors (Lipinski definition) is 16. The van der Waals surface area contributed by atoms with Crippen LogP contribution in [0, 0.1) is 13.8 Å². The highest BCUT2D eigenvalue weighted by Gasteiger charge is 2.46. The number of aliphatic carboxylic acids is 4. The van der Waals surface area contributed by atoms with Crippen molar-refractivity contribution in [2.75, 3.05) is 175 Å². The summed E-state index contributed by atoms with van der Waals surface area (Å²) >= 11 is 1.08. The second-order valence-corrected chi connectivity index (χ2v) is 30.1.